The van der Waals surface area contributed by atoms with Crippen molar-refractivity contribution in [3.63, 3.8) is 0 Å². The zero-order chi connectivity index (χ0) is 37.0. The van der Waals surface area contributed by atoms with E-state index in [4.69, 9.17) is 26.0 Å². The van der Waals surface area contributed by atoms with Crippen LogP contribution in [-0.4, -0.2) is 113 Å². The summed E-state index contributed by atoms with van der Waals surface area (Å²) in [6.07, 6.45) is 9.01. The number of rotatable bonds is 9. The second-order valence-corrected chi connectivity index (χ2v) is 15.6. The van der Waals surface area contributed by atoms with Crippen LogP contribution in [0.5, 0.6) is 11.8 Å². The predicted molar refractivity (Wildman–Crippen MR) is 192 cm³/mol. The van der Waals surface area contributed by atoms with Crippen molar-refractivity contribution < 1.29 is 32.1 Å². The fraction of sp³-hybridized carbons (Fsp3) is 0.462. The van der Waals surface area contributed by atoms with E-state index in [-0.39, 0.29) is 76.5 Å². The third-order valence-electron chi connectivity index (χ3n) is 11.4. The minimum Gasteiger partial charge on any atom is -0.508 e. The second-order valence-electron chi connectivity index (χ2n) is 15.6. The molecule has 276 valence electrons. The molecule has 3 atom stereocenters. The lowest BCUT2D eigenvalue weighted by molar-refractivity contribution is -0.0484. The van der Waals surface area contributed by atoms with Crippen LogP contribution < -0.4 is 9.64 Å². The Bertz CT molecular complexity index is 2340. The maximum absolute atomic E-state index is 17.7. The van der Waals surface area contributed by atoms with Gasteiger partial charge >= 0.3 is 6.01 Å². The number of phenolic OH excluding ortho intramolecular Hbond substituents is 1. The SMILES string of the molecule is C#Cc1c(F)ccc2cc(O)cc(-c3c(F)c4nc(OC[C@]5(CN(C)C)CC5(F)F)nc(N5C6CCC5CN(CC5COC5)C6)c4c4cn(C)nc34)c12. The first-order valence-corrected chi connectivity index (χ1v) is 17.9. The van der Waals surface area contributed by atoms with E-state index in [0.29, 0.717) is 27.9 Å². The normalized spacial score (nSPS) is 24.0. The Morgan fingerprint density at radius 3 is 2.45 bits per heavy atom. The van der Waals surface area contributed by atoms with Gasteiger partial charge in [-0.3, -0.25) is 9.58 Å². The molecular formula is C39H39F4N7O3. The van der Waals surface area contributed by atoms with Crippen molar-refractivity contribution in [2.24, 2.45) is 18.4 Å². The average Bonchev–Trinajstić information content (AvgIpc) is 3.28. The summed E-state index contributed by atoms with van der Waals surface area (Å²) in [5.41, 5.74) is -1.29. The van der Waals surface area contributed by atoms with Gasteiger partial charge in [0.2, 0.25) is 0 Å². The Balaban J connectivity index is 1.26. The van der Waals surface area contributed by atoms with Crippen LogP contribution in [0.25, 0.3) is 43.7 Å². The third-order valence-corrected chi connectivity index (χ3v) is 11.4. The molecule has 5 aromatic rings. The molecule has 10 nitrogen and oxygen atoms in total. The molecule has 2 aromatic heterocycles. The van der Waals surface area contributed by atoms with Crippen molar-refractivity contribution in [2.75, 3.05) is 65.0 Å². The quantitative estimate of drug-likeness (QED) is 0.155. The Kier molecular flexibility index (Phi) is 7.82. The molecule has 5 heterocycles. The number of fused-ring (bicyclic) bond motifs is 6. The van der Waals surface area contributed by atoms with Crippen LogP contribution in [0.4, 0.5) is 23.4 Å². The van der Waals surface area contributed by atoms with E-state index < -0.39 is 23.0 Å². The second kappa shape index (κ2) is 12.2. The third kappa shape index (κ3) is 5.46. The number of piperazine rings is 1. The number of benzene rings is 3. The standard InChI is InChI=1S/C39H39F4N7O3/c1-5-26-29(40)9-6-22-10-25(51)11-27(30(22)26)31-33(41)35-32(28-15-48(4)46-34(28)31)36(45-37(44-35)53-20-38(19-47(2)3)18-39(38,42)43)50-23-7-8-24(50)14-49(13-23)12-21-16-52-17-21/h1,6,9-11,15,21,23-24,51H,7-8,12-14,16-20H2,2-4H3/t23?,24?,38-/m1/s1. The van der Waals surface area contributed by atoms with Crippen LogP contribution in [0.3, 0.4) is 0 Å². The molecule has 1 saturated carbocycles. The lowest BCUT2D eigenvalue weighted by Crippen LogP contribution is -2.56. The van der Waals surface area contributed by atoms with Crippen LogP contribution in [0.15, 0.2) is 30.5 Å². The lowest BCUT2D eigenvalue weighted by Gasteiger charge is -2.44. The van der Waals surface area contributed by atoms with E-state index >= 15 is 8.78 Å². The maximum atomic E-state index is 17.7. The minimum absolute atomic E-state index is 0.0417. The first-order valence-electron chi connectivity index (χ1n) is 17.9. The van der Waals surface area contributed by atoms with Crippen molar-refractivity contribution in [1.29, 1.82) is 0 Å². The summed E-state index contributed by atoms with van der Waals surface area (Å²) < 4.78 is 75.6. The summed E-state index contributed by atoms with van der Waals surface area (Å²) in [7, 11) is 5.17. The highest BCUT2D eigenvalue weighted by Crippen LogP contribution is 2.60. The molecule has 0 amide bonds. The number of terminal acetylenes is 1. The number of alkyl halides is 2. The molecule has 1 N–H and O–H groups in total. The number of ether oxygens (including phenoxy) is 2. The number of nitrogens with zero attached hydrogens (tertiary/aromatic N) is 7. The summed E-state index contributed by atoms with van der Waals surface area (Å²) in [4.78, 5) is 15.9. The van der Waals surface area contributed by atoms with Crippen molar-refractivity contribution in [1.82, 2.24) is 29.5 Å². The Morgan fingerprint density at radius 2 is 1.81 bits per heavy atom. The van der Waals surface area contributed by atoms with Crippen LogP contribution in [0.2, 0.25) is 0 Å². The molecule has 9 rings (SSSR count). The van der Waals surface area contributed by atoms with Gasteiger partial charge in [-0.1, -0.05) is 12.0 Å². The molecule has 2 bridgehead atoms. The molecule has 0 radical (unpaired) electrons. The Labute approximate surface area is 303 Å². The van der Waals surface area contributed by atoms with Gasteiger partial charge in [0.1, 0.15) is 35.0 Å². The van der Waals surface area contributed by atoms with E-state index in [1.54, 1.807) is 36.9 Å². The van der Waals surface area contributed by atoms with Gasteiger partial charge in [0, 0.05) is 80.2 Å². The van der Waals surface area contributed by atoms with Gasteiger partial charge in [-0.2, -0.15) is 15.1 Å². The molecule has 4 fully saturated rings. The average molecular weight is 730 g/mol. The Hall–Kier alpha value is -4.71. The molecule has 4 aliphatic rings. The number of halogens is 4. The predicted octanol–water partition coefficient (Wildman–Crippen LogP) is 5.57. The monoisotopic (exact) mass is 729 g/mol. The highest BCUT2D eigenvalue weighted by Gasteiger charge is 2.71. The van der Waals surface area contributed by atoms with Gasteiger partial charge in [0.25, 0.3) is 5.92 Å². The van der Waals surface area contributed by atoms with Crippen molar-refractivity contribution >= 4 is 38.4 Å². The van der Waals surface area contributed by atoms with Crippen molar-refractivity contribution in [3.8, 4) is 35.2 Å². The molecule has 3 aromatic carbocycles. The first kappa shape index (κ1) is 34.1. The Morgan fingerprint density at radius 1 is 1.08 bits per heavy atom. The van der Waals surface area contributed by atoms with Gasteiger partial charge in [-0.25, -0.2) is 17.6 Å². The van der Waals surface area contributed by atoms with Gasteiger partial charge in [-0.05, 0) is 56.1 Å². The van der Waals surface area contributed by atoms with E-state index in [9.17, 15) is 13.9 Å². The number of hydrogen-bond donors (Lipinski definition) is 1. The van der Waals surface area contributed by atoms with Crippen LogP contribution in [0, 0.1) is 35.3 Å². The van der Waals surface area contributed by atoms with Gasteiger partial charge in [-0.15, -0.1) is 6.42 Å². The fourth-order valence-corrected chi connectivity index (χ4v) is 8.98. The number of hydrogen-bond acceptors (Lipinski definition) is 9. The highest BCUT2D eigenvalue weighted by atomic mass is 19.3. The van der Waals surface area contributed by atoms with Crippen LogP contribution in [0.1, 0.15) is 24.8 Å². The molecule has 53 heavy (non-hydrogen) atoms. The zero-order valence-electron chi connectivity index (χ0n) is 29.7. The number of anilines is 1. The van der Waals surface area contributed by atoms with E-state index in [0.717, 1.165) is 45.7 Å². The number of likely N-dealkylation sites (tertiary alicyclic amines) is 1. The maximum Gasteiger partial charge on any atom is 0.319 e. The van der Waals surface area contributed by atoms with Crippen molar-refractivity contribution in [2.45, 2.75) is 37.3 Å². The van der Waals surface area contributed by atoms with E-state index in [2.05, 4.69) is 20.7 Å². The molecule has 1 aliphatic carbocycles. The van der Waals surface area contributed by atoms with Crippen LogP contribution in [-0.2, 0) is 11.8 Å². The molecule has 3 aliphatic heterocycles. The molecule has 3 saturated heterocycles. The number of aromatic nitrogens is 4. The minimum atomic E-state index is -2.93. The zero-order valence-corrected chi connectivity index (χ0v) is 29.7. The summed E-state index contributed by atoms with van der Waals surface area (Å²) in [5.74, 6) is -1.25. The number of phenols is 1. The van der Waals surface area contributed by atoms with E-state index in [1.807, 2.05) is 0 Å². The van der Waals surface area contributed by atoms with Crippen molar-refractivity contribution in [3.05, 3.63) is 47.7 Å². The lowest BCUT2D eigenvalue weighted by atomic mass is 9.91. The van der Waals surface area contributed by atoms with Crippen LogP contribution >= 0.6 is 0 Å². The topological polar surface area (TPSA) is 92.0 Å². The largest absolute Gasteiger partial charge is 0.508 e. The smallest absolute Gasteiger partial charge is 0.319 e. The number of aryl methyl sites for hydroxylation is 1. The van der Waals surface area contributed by atoms with Gasteiger partial charge < -0.3 is 24.4 Å². The van der Waals surface area contributed by atoms with Gasteiger partial charge in [0.15, 0.2) is 5.82 Å². The summed E-state index contributed by atoms with van der Waals surface area (Å²) in [5, 5.41) is 17.1. The molecular weight excluding hydrogens is 690 g/mol. The molecule has 0 spiro atoms. The van der Waals surface area contributed by atoms with Gasteiger partial charge in [0.05, 0.1) is 29.6 Å². The summed E-state index contributed by atoms with van der Waals surface area (Å²) >= 11 is 0. The molecule has 14 heteroatoms. The molecule has 2 unspecified atom stereocenters. The highest BCUT2D eigenvalue weighted by molar-refractivity contribution is 6.18. The summed E-state index contributed by atoms with van der Waals surface area (Å²) in [6, 6.07) is 5.35. The fourth-order valence-electron chi connectivity index (χ4n) is 8.98. The first-order chi connectivity index (χ1) is 25.4. The number of aromatic hydroxyl groups is 1. The van der Waals surface area contributed by atoms with E-state index in [1.165, 1.54) is 24.3 Å². The summed E-state index contributed by atoms with van der Waals surface area (Å²) in [6.45, 7) is 3.73.